The molecule has 1 aliphatic carbocycles. The summed E-state index contributed by atoms with van der Waals surface area (Å²) in [6.45, 7) is 1.90. The maximum atomic E-state index is 11.5. The molecule has 0 amide bonds. The Morgan fingerprint density at radius 3 is 2.62 bits per heavy atom. The van der Waals surface area contributed by atoms with Crippen LogP contribution in [0.25, 0.3) is 0 Å². The summed E-state index contributed by atoms with van der Waals surface area (Å²) in [5, 5.41) is 8.70. The summed E-state index contributed by atoms with van der Waals surface area (Å²) in [6, 6.07) is 2.08. The van der Waals surface area contributed by atoms with Gasteiger partial charge in [0, 0.05) is 6.42 Å². The number of hydrogen-bond donors (Lipinski definition) is 0. The van der Waals surface area contributed by atoms with Gasteiger partial charge in [-0.2, -0.15) is 5.26 Å². The third kappa shape index (κ3) is 2.84. The second-order valence-corrected chi connectivity index (χ2v) is 3.91. The van der Waals surface area contributed by atoms with Gasteiger partial charge in [0.2, 0.25) is 0 Å². The number of hydrogen-bond acceptors (Lipinski definition) is 2. The Morgan fingerprint density at radius 2 is 2.15 bits per heavy atom. The summed E-state index contributed by atoms with van der Waals surface area (Å²) < 4.78 is 0. The highest BCUT2D eigenvalue weighted by molar-refractivity contribution is 5.83. The molecule has 0 spiro atoms. The number of carbonyl (C=O) groups excluding carboxylic acids is 1. The van der Waals surface area contributed by atoms with E-state index in [0.717, 1.165) is 0 Å². The van der Waals surface area contributed by atoms with Gasteiger partial charge >= 0.3 is 0 Å². The third-order valence-electron chi connectivity index (χ3n) is 2.92. The highest BCUT2D eigenvalue weighted by Crippen LogP contribution is 2.28. The normalized spacial score (nSPS) is 19.7. The molecule has 0 heterocycles. The lowest BCUT2D eigenvalue weighted by atomic mass is 9.93. The van der Waals surface area contributed by atoms with Crippen LogP contribution in [0.15, 0.2) is 0 Å². The van der Waals surface area contributed by atoms with Crippen molar-refractivity contribution in [3.63, 3.8) is 0 Å². The molecule has 0 radical (unpaired) electrons. The first-order valence-corrected chi connectivity index (χ1v) is 5.20. The van der Waals surface area contributed by atoms with Crippen LogP contribution in [0.1, 0.15) is 45.4 Å². The SMILES string of the molecule is CCC(C#N)C(=O)CC1CCCC1. The third-order valence-corrected chi connectivity index (χ3v) is 2.92. The number of nitrogens with zero attached hydrogens (tertiary/aromatic N) is 1. The maximum absolute atomic E-state index is 11.5. The second-order valence-electron chi connectivity index (χ2n) is 3.91. The van der Waals surface area contributed by atoms with Gasteiger partial charge < -0.3 is 0 Å². The second kappa shape index (κ2) is 5.01. The topological polar surface area (TPSA) is 40.9 Å². The Labute approximate surface area is 79.9 Å². The van der Waals surface area contributed by atoms with Gasteiger partial charge in [-0.25, -0.2) is 0 Å². The van der Waals surface area contributed by atoms with E-state index in [4.69, 9.17) is 5.26 Å². The van der Waals surface area contributed by atoms with E-state index < -0.39 is 0 Å². The summed E-state index contributed by atoms with van der Waals surface area (Å²) in [4.78, 5) is 11.5. The van der Waals surface area contributed by atoms with Gasteiger partial charge in [-0.1, -0.05) is 32.6 Å². The van der Waals surface area contributed by atoms with Crippen molar-refractivity contribution in [1.82, 2.24) is 0 Å². The van der Waals surface area contributed by atoms with Crippen LogP contribution >= 0.6 is 0 Å². The molecule has 13 heavy (non-hydrogen) atoms. The van der Waals surface area contributed by atoms with Crippen LogP contribution < -0.4 is 0 Å². The van der Waals surface area contributed by atoms with Crippen molar-refractivity contribution in [2.45, 2.75) is 45.4 Å². The van der Waals surface area contributed by atoms with Crippen LogP contribution in [-0.2, 0) is 4.79 Å². The number of ketones is 1. The molecule has 0 bridgehead atoms. The van der Waals surface area contributed by atoms with Crippen LogP contribution in [0, 0.1) is 23.2 Å². The molecule has 0 aromatic rings. The zero-order chi connectivity index (χ0) is 9.68. The van der Waals surface area contributed by atoms with Crippen LogP contribution in [0.4, 0.5) is 0 Å². The molecule has 0 N–H and O–H groups in total. The fourth-order valence-electron chi connectivity index (χ4n) is 2.03. The average molecular weight is 179 g/mol. The molecule has 1 saturated carbocycles. The Kier molecular flexibility index (Phi) is 3.95. The van der Waals surface area contributed by atoms with Crippen LogP contribution in [0.5, 0.6) is 0 Å². The van der Waals surface area contributed by atoms with Crippen molar-refractivity contribution in [2.75, 3.05) is 0 Å². The van der Waals surface area contributed by atoms with Crippen LogP contribution in [0.2, 0.25) is 0 Å². The van der Waals surface area contributed by atoms with Gasteiger partial charge in [0.05, 0.1) is 6.07 Å². The molecule has 1 atom stereocenters. The molecular formula is C11H17NO. The van der Waals surface area contributed by atoms with Crippen molar-refractivity contribution < 1.29 is 4.79 Å². The Bertz CT molecular complexity index is 211. The van der Waals surface area contributed by atoms with Gasteiger partial charge in [0.25, 0.3) is 0 Å². The molecule has 2 nitrogen and oxygen atoms in total. The predicted molar refractivity (Wildman–Crippen MR) is 51.0 cm³/mol. The van der Waals surface area contributed by atoms with Gasteiger partial charge in [0.15, 0.2) is 0 Å². The van der Waals surface area contributed by atoms with Crippen molar-refractivity contribution in [3.8, 4) is 6.07 Å². The molecule has 1 unspecified atom stereocenters. The van der Waals surface area contributed by atoms with E-state index in [9.17, 15) is 4.79 Å². The number of rotatable bonds is 4. The van der Waals surface area contributed by atoms with E-state index in [-0.39, 0.29) is 11.7 Å². The van der Waals surface area contributed by atoms with Crippen molar-refractivity contribution in [3.05, 3.63) is 0 Å². The van der Waals surface area contributed by atoms with Crippen molar-refractivity contribution >= 4 is 5.78 Å². The van der Waals surface area contributed by atoms with Gasteiger partial charge in [-0.3, -0.25) is 4.79 Å². The fraction of sp³-hybridized carbons (Fsp3) is 0.818. The van der Waals surface area contributed by atoms with E-state index in [1.165, 1.54) is 25.7 Å². The minimum absolute atomic E-state index is 0.164. The summed E-state index contributed by atoms with van der Waals surface area (Å²) in [7, 11) is 0. The lowest BCUT2D eigenvalue weighted by Gasteiger charge is -2.09. The molecular weight excluding hydrogens is 162 g/mol. The molecule has 0 saturated heterocycles. The minimum Gasteiger partial charge on any atom is -0.298 e. The Hall–Kier alpha value is -0.840. The molecule has 1 aliphatic rings. The summed E-state index contributed by atoms with van der Waals surface area (Å²) in [6.07, 6.45) is 6.22. The van der Waals surface area contributed by atoms with Crippen LogP contribution in [0.3, 0.4) is 0 Å². The first kappa shape index (κ1) is 10.2. The number of carbonyl (C=O) groups is 1. The molecule has 1 fully saturated rings. The average Bonchev–Trinajstić information content (AvgIpc) is 2.59. The molecule has 2 heteroatoms. The lowest BCUT2D eigenvalue weighted by molar-refractivity contribution is -0.122. The summed E-state index contributed by atoms with van der Waals surface area (Å²) in [5.41, 5.74) is 0. The quantitative estimate of drug-likeness (QED) is 0.665. The standard InChI is InChI=1S/C11H17NO/c1-2-10(8-12)11(13)7-9-5-3-4-6-9/h9-10H,2-7H2,1H3. The zero-order valence-corrected chi connectivity index (χ0v) is 8.25. The molecule has 0 aromatic heterocycles. The lowest BCUT2D eigenvalue weighted by Crippen LogP contribution is -2.14. The number of Topliss-reactive ketones (excluding diaryl/α,β-unsaturated/α-hetero) is 1. The predicted octanol–water partition coefficient (Wildman–Crippen LogP) is 2.69. The van der Waals surface area contributed by atoms with Crippen molar-refractivity contribution in [2.24, 2.45) is 11.8 Å². The zero-order valence-electron chi connectivity index (χ0n) is 8.25. The summed E-state index contributed by atoms with van der Waals surface area (Å²) in [5.74, 6) is 0.396. The highest BCUT2D eigenvalue weighted by Gasteiger charge is 2.22. The molecule has 0 aromatic carbocycles. The van der Waals surface area contributed by atoms with Gasteiger partial charge in [-0.15, -0.1) is 0 Å². The fourth-order valence-corrected chi connectivity index (χ4v) is 2.03. The highest BCUT2D eigenvalue weighted by atomic mass is 16.1. The van der Waals surface area contributed by atoms with Gasteiger partial charge in [-0.05, 0) is 12.3 Å². The van der Waals surface area contributed by atoms with E-state index in [1.54, 1.807) is 0 Å². The molecule has 0 aliphatic heterocycles. The van der Waals surface area contributed by atoms with E-state index in [2.05, 4.69) is 6.07 Å². The van der Waals surface area contributed by atoms with E-state index in [0.29, 0.717) is 18.8 Å². The molecule has 72 valence electrons. The Balaban J connectivity index is 2.35. The maximum Gasteiger partial charge on any atom is 0.150 e. The molecule has 1 rings (SSSR count). The summed E-state index contributed by atoms with van der Waals surface area (Å²) >= 11 is 0. The first-order valence-electron chi connectivity index (χ1n) is 5.20. The largest absolute Gasteiger partial charge is 0.298 e. The minimum atomic E-state index is -0.347. The van der Waals surface area contributed by atoms with E-state index >= 15 is 0 Å². The monoisotopic (exact) mass is 179 g/mol. The first-order chi connectivity index (χ1) is 6.27. The Morgan fingerprint density at radius 1 is 1.54 bits per heavy atom. The smallest absolute Gasteiger partial charge is 0.150 e. The van der Waals surface area contributed by atoms with Crippen molar-refractivity contribution in [1.29, 1.82) is 5.26 Å². The van der Waals surface area contributed by atoms with E-state index in [1.807, 2.05) is 6.92 Å². The van der Waals surface area contributed by atoms with Gasteiger partial charge in [0.1, 0.15) is 11.7 Å². The number of nitriles is 1. The van der Waals surface area contributed by atoms with Crippen LogP contribution in [-0.4, -0.2) is 5.78 Å².